The van der Waals surface area contributed by atoms with Crippen LogP contribution in [0.2, 0.25) is 0 Å². The van der Waals surface area contributed by atoms with Gasteiger partial charge in [0, 0.05) is 32.1 Å². The highest BCUT2D eigenvalue weighted by atomic mass is 16.5. The minimum atomic E-state index is -0.0243. The monoisotopic (exact) mass is 225 g/mol. The molecule has 0 saturated carbocycles. The van der Waals surface area contributed by atoms with Crippen molar-refractivity contribution in [3.05, 3.63) is 24.0 Å². The zero-order chi connectivity index (χ0) is 12.0. The number of hydrogen-bond donors (Lipinski definition) is 2. The van der Waals surface area contributed by atoms with Crippen LogP contribution in [0.3, 0.4) is 0 Å². The molecule has 0 radical (unpaired) electrons. The van der Waals surface area contributed by atoms with Crippen LogP contribution in [0, 0.1) is 0 Å². The third-order valence-electron chi connectivity index (χ3n) is 2.20. The zero-order valence-corrected chi connectivity index (χ0v) is 9.77. The molecule has 3 N–H and O–H groups in total. The van der Waals surface area contributed by atoms with Gasteiger partial charge in [-0.05, 0) is 18.6 Å². The zero-order valence-electron chi connectivity index (χ0n) is 9.77. The maximum absolute atomic E-state index is 11.6. The number of nitrogens with two attached hydrogens (primary N) is 1. The van der Waals surface area contributed by atoms with Crippen LogP contribution in [0.15, 0.2) is 18.5 Å². The fraction of sp³-hybridized carbons (Fsp3) is 0.545. The predicted molar refractivity (Wildman–Crippen MR) is 61.8 cm³/mol. The number of hydrogen-bond acceptors (Lipinski definition) is 3. The fourth-order valence-electron chi connectivity index (χ4n) is 1.49. The molecule has 0 spiro atoms. The van der Waals surface area contributed by atoms with Crippen molar-refractivity contribution in [3.8, 4) is 0 Å². The van der Waals surface area contributed by atoms with Gasteiger partial charge in [0.2, 0.25) is 5.91 Å². The third kappa shape index (κ3) is 4.04. The Morgan fingerprint density at radius 1 is 1.69 bits per heavy atom. The number of amides is 1. The highest BCUT2D eigenvalue weighted by Crippen LogP contribution is 1.99. The Labute approximate surface area is 95.6 Å². The van der Waals surface area contributed by atoms with Crippen LogP contribution in [0.4, 0.5) is 0 Å². The Kier molecular flexibility index (Phi) is 5.01. The summed E-state index contributed by atoms with van der Waals surface area (Å²) in [7, 11) is 1.61. The largest absolute Gasteiger partial charge is 0.383 e. The van der Waals surface area contributed by atoms with E-state index in [1.165, 1.54) is 0 Å². The number of carbonyl (C=O) groups excluding carboxylic acids is 1. The average molecular weight is 225 g/mol. The van der Waals surface area contributed by atoms with E-state index in [1.807, 2.05) is 30.0 Å². The molecule has 0 aliphatic rings. The Morgan fingerprint density at radius 3 is 3.00 bits per heavy atom. The molecule has 0 fully saturated rings. The predicted octanol–water partition coefficient (Wildman–Crippen LogP) is 0.0979. The van der Waals surface area contributed by atoms with Gasteiger partial charge in [0.15, 0.2) is 0 Å². The highest BCUT2D eigenvalue weighted by Gasteiger charge is 2.07. The standard InChI is InChI=1S/C11H19N3O2/c1-9(8-16-2)13-11(15)7-14-4-3-10(5-12)6-14/h3-4,6,9H,5,7-8,12H2,1-2H3,(H,13,15). The summed E-state index contributed by atoms with van der Waals surface area (Å²) < 4.78 is 6.75. The maximum atomic E-state index is 11.6. The molecular weight excluding hydrogens is 206 g/mol. The van der Waals surface area contributed by atoms with Gasteiger partial charge in [0.1, 0.15) is 6.54 Å². The lowest BCUT2D eigenvalue weighted by Crippen LogP contribution is -2.37. The molecule has 1 atom stereocenters. The highest BCUT2D eigenvalue weighted by molar-refractivity contribution is 5.76. The van der Waals surface area contributed by atoms with Crippen molar-refractivity contribution in [2.45, 2.75) is 26.1 Å². The normalized spacial score (nSPS) is 12.4. The van der Waals surface area contributed by atoms with Crippen LogP contribution >= 0.6 is 0 Å². The summed E-state index contributed by atoms with van der Waals surface area (Å²) in [5.41, 5.74) is 6.51. The Bertz CT molecular complexity index is 336. The molecule has 5 nitrogen and oxygen atoms in total. The molecule has 1 rings (SSSR count). The van der Waals surface area contributed by atoms with Crippen molar-refractivity contribution < 1.29 is 9.53 Å². The molecule has 0 aliphatic heterocycles. The molecule has 90 valence electrons. The quantitative estimate of drug-likeness (QED) is 0.721. The van der Waals surface area contributed by atoms with Gasteiger partial charge in [-0.2, -0.15) is 0 Å². The molecule has 1 aromatic rings. The van der Waals surface area contributed by atoms with Gasteiger partial charge in [-0.3, -0.25) is 4.79 Å². The van der Waals surface area contributed by atoms with Crippen LogP contribution in [0.5, 0.6) is 0 Å². The van der Waals surface area contributed by atoms with E-state index < -0.39 is 0 Å². The molecule has 1 heterocycles. The van der Waals surface area contributed by atoms with Crippen molar-refractivity contribution in [2.75, 3.05) is 13.7 Å². The van der Waals surface area contributed by atoms with E-state index in [9.17, 15) is 4.79 Å². The van der Waals surface area contributed by atoms with Crippen molar-refractivity contribution in [1.82, 2.24) is 9.88 Å². The first-order valence-corrected chi connectivity index (χ1v) is 5.28. The molecule has 5 heteroatoms. The molecule has 16 heavy (non-hydrogen) atoms. The molecule has 0 aromatic carbocycles. The summed E-state index contributed by atoms with van der Waals surface area (Å²) in [6.45, 7) is 3.23. The van der Waals surface area contributed by atoms with Crippen LogP contribution in [-0.2, 0) is 22.6 Å². The van der Waals surface area contributed by atoms with E-state index in [0.717, 1.165) is 5.56 Å². The average Bonchev–Trinajstić information content (AvgIpc) is 2.65. The topological polar surface area (TPSA) is 69.3 Å². The van der Waals surface area contributed by atoms with E-state index >= 15 is 0 Å². The molecule has 0 saturated heterocycles. The smallest absolute Gasteiger partial charge is 0.240 e. The van der Waals surface area contributed by atoms with E-state index in [2.05, 4.69) is 5.32 Å². The van der Waals surface area contributed by atoms with Crippen LogP contribution in [0.1, 0.15) is 12.5 Å². The van der Waals surface area contributed by atoms with Gasteiger partial charge in [-0.25, -0.2) is 0 Å². The third-order valence-corrected chi connectivity index (χ3v) is 2.20. The SMILES string of the molecule is COCC(C)NC(=O)Cn1ccc(CN)c1. The second-order valence-electron chi connectivity index (χ2n) is 3.82. The lowest BCUT2D eigenvalue weighted by atomic mass is 10.3. The number of nitrogens with one attached hydrogen (secondary N) is 1. The number of rotatable bonds is 6. The summed E-state index contributed by atoms with van der Waals surface area (Å²) >= 11 is 0. The number of methoxy groups -OCH3 is 1. The van der Waals surface area contributed by atoms with Crippen LogP contribution in [-0.4, -0.2) is 30.2 Å². The number of carbonyl (C=O) groups is 1. The minimum absolute atomic E-state index is 0.0243. The van der Waals surface area contributed by atoms with Crippen LogP contribution < -0.4 is 11.1 Å². The van der Waals surface area contributed by atoms with Gasteiger partial charge < -0.3 is 20.4 Å². The van der Waals surface area contributed by atoms with E-state index in [4.69, 9.17) is 10.5 Å². The van der Waals surface area contributed by atoms with E-state index in [-0.39, 0.29) is 11.9 Å². The first-order chi connectivity index (χ1) is 7.65. The second-order valence-corrected chi connectivity index (χ2v) is 3.82. The van der Waals surface area contributed by atoms with Gasteiger partial charge in [-0.15, -0.1) is 0 Å². The Morgan fingerprint density at radius 2 is 2.44 bits per heavy atom. The van der Waals surface area contributed by atoms with Gasteiger partial charge in [0.05, 0.1) is 6.61 Å². The van der Waals surface area contributed by atoms with Gasteiger partial charge in [-0.1, -0.05) is 0 Å². The Hall–Kier alpha value is -1.33. The van der Waals surface area contributed by atoms with Gasteiger partial charge in [0.25, 0.3) is 0 Å². The molecule has 0 bridgehead atoms. The summed E-state index contributed by atoms with van der Waals surface area (Å²) in [5, 5.41) is 2.84. The molecule has 1 amide bonds. The first-order valence-electron chi connectivity index (χ1n) is 5.28. The molecular formula is C11H19N3O2. The summed E-state index contributed by atoms with van der Waals surface area (Å²) in [6.07, 6.45) is 3.73. The fourth-order valence-corrected chi connectivity index (χ4v) is 1.49. The van der Waals surface area contributed by atoms with E-state index in [1.54, 1.807) is 7.11 Å². The maximum Gasteiger partial charge on any atom is 0.240 e. The van der Waals surface area contributed by atoms with Crippen molar-refractivity contribution in [2.24, 2.45) is 5.73 Å². The first kappa shape index (κ1) is 12.7. The minimum Gasteiger partial charge on any atom is -0.383 e. The van der Waals surface area contributed by atoms with Gasteiger partial charge >= 0.3 is 0 Å². The second kappa shape index (κ2) is 6.30. The number of aromatic nitrogens is 1. The molecule has 0 aliphatic carbocycles. The van der Waals surface area contributed by atoms with E-state index in [0.29, 0.717) is 19.7 Å². The van der Waals surface area contributed by atoms with Crippen molar-refractivity contribution in [1.29, 1.82) is 0 Å². The van der Waals surface area contributed by atoms with Crippen molar-refractivity contribution in [3.63, 3.8) is 0 Å². The summed E-state index contributed by atoms with van der Waals surface area (Å²) in [4.78, 5) is 11.6. The Balaban J connectivity index is 2.39. The summed E-state index contributed by atoms with van der Waals surface area (Å²) in [5.74, 6) is -0.0243. The molecule has 1 unspecified atom stereocenters. The van der Waals surface area contributed by atoms with Crippen LogP contribution in [0.25, 0.3) is 0 Å². The summed E-state index contributed by atoms with van der Waals surface area (Å²) in [6, 6.07) is 1.94. The molecule has 1 aromatic heterocycles. The van der Waals surface area contributed by atoms with Crippen molar-refractivity contribution >= 4 is 5.91 Å². The number of ether oxygens (including phenoxy) is 1. The lowest BCUT2D eigenvalue weighted by Gasteiger charge is -2.12. The lowest BCUT2D eigenvalue weighted by molar-refractivity contribution is -0.122. The number of nitrogens with zero attached hydrogens (tertiary/aromatic N) is 1.